The Morgan fingerprint density at radius 3 is 2.55 bits per heavy atom. The fraction of sp³-hybridized carbons (Fsp3) is 0.292. The molecule has 0 bridgehead atoms. The van der Waals surface area contributed by atoms with E-state index < -0.39 is 11.2 Å². The average Bonchev–Trinajstić information content (AvgIpc) is 3.12. The van der Waals surface area contributed by atoms with E-state index in [1.165, 1.54) is 16.7 Å². The number of nitrogens with zero attached hydrogens (tertiary/aromatic N) is 4. The van der Waals surface area contributed by atoms with E-state index in [2.05, 4.69) is 16.4 Å². The molecule has 0 unspecified atom stereocenters. The SMILES string of the molecule is CN1CCN(NC(=O)/C(C#N)=C2\S[C@@H](Cc3cccc(Cl)c3)C(=O)N2c2ccccc2)CC1. The molecule has 2 aromatic rings. The second kappa shape index (κ2) is 10.4. The van der Waals surface area contributed by atoms with Gasteiger partial charge in [-0.25, -0.2) is 5.01 Å². The third-order valence-corrected chi connectivity index (χ3v) is 7.09. The summed E-state index contributed by atoms with van der Waals surface area (Å²) in [7, 11) is 2.03. The number of piperazine rings is 1. The maximum atomic E-state index is 13.5. The predicted octanol–water partition coefficient (Wildman–Crippen LogP) is 3.04. The molecule has 1 atom stereocenters. The Hall–Kier alpha value is -2.83. The zero-order chi connectivity index (χ0) is 23.4. The number of thioether (sulfide) groups is 1. The largest absolute Gasteiger partial charge is 0.304 e. The van der Waals surface area contributed by atoms with Crippen LogP contribution in [0.3, 0.4) is 0 Å². The smallest absolute Gasteiger partial charge is 0.278 e. The zero-order valence-corrected chi connectivity index (χ0v) is 19.8. The first-order valence-electron chi connectivity index (χ1n) is 10.6. The van der Waals surface area contributed by atoms with Crippen LogP contribution < -0.4 is 10.3 Å². The minimum absolute atomic E-state index is 0.0651. The van der Waals surface area contributed by atoms with E-state index in [0.717, 1.165) is 18.7 Å². The molecule has 4 rings (SSSR count). The number of nitrogens with one attached hydrogen (secondary N) is 1. The van der Waals surface area contributed by atoms with E-state index >= 15 is 0 Å². The van der Waals surface area contributed by atoms with E-state index in [-0.39, 0.29) is 11.5 Å². The lowest BCUT2D eigenvalue weighted by Crippen LogP contribution is -2.53. The number of hydrogen-bond donors (Lipinski definition) is 1. The van der Waals surface area contributed by atoms with Gasteiger partial charge in [-0.3, -0.25) is 19.9 Å². The van der Waals surface area contributed by atoms with Crippen molar-refractivity contribution >= 4 is 40.9 Å². The number of hydrazine groups is 1. The number of para-hydroxylation sites is 1. The molecule has 9 heteroatoms. The van der Waals surface area contributed by atoms with Crippen molar-refractivity contribution in [1.29, 1.82) is 5.26 Å². The van der Waals surface area contributed by atoms with Crippen molar-refractivity contribution in [2.45, 2.75) is 11.7 Å². The summed E-state index contributed by atoms with van der Waals surface area (Å²) in [6.45, 7) is 2.98. The fourth-order valence-corrected chi connectivity index (χ4v) is 5.32. The van der Waals surface area contributed by atoms with Crippen LogP contribution in [0.1, 0.15) is 5.56 Å². The summed E-state index contributed by atoms with van der Waals surface area (Å²) in [5, 5.41) is 12.2. The van der Waals surface area contributed by atoms with Crippen LogP contribution in [0.5, 0.6) is 0 Å². The molecule has 2 fully saturated rings. The average molecular weight is 482 g/mol. The highest BCUT2D eigenvalue weighted by Crippen LogP contribution is 2.42. The molecule has 0 aromatic heterocycles. The lowest BCUT2D eigenvalue weighted by Gasteiger charge is -2.32. The number of halogens is 1. The lowest BCUT2D eigenvalue weighted by atomic mass is 10.1. The van der Waals surface area contributed by atoms with Crippen molar-refractivity contribution in [2.24, 2.45) is 0 Å². The number of benzene rings is 2. The second-order valence-corrected chi connectivity index (χ2v) is 9.60. The monoisotopic (exact) mass is 481 g/mol. The summed E-state index contributed by atoms with van der Waals surface area (Å²) < 4.78 is 0. The van der Waals surface area contributed by atoms with E-state index in [0.29, 0.717) is 35.2 Å². The number of carbonyl (C=O) groups is 2. The van der Waals surface area contributed by atoms with Gasteiger partial charge in [0.1, 0.15) is 16.7 Å². The van der Waals surface area contributed by atoms with Crippen molar-refractivity contribution in [3.05, 3.63) is 75.8 Å². The van der Waals surface area contributed by atoms with Gasteiger partial charge in [-0.05, 0) is 43.3 Å². The van der Waals surface area contributed by atoms with Gasteiger partial charge in [0.25, 0.3) is 5.91 Å². The number of likely N-dealkylation sites (N-methyl/N-ethyl adjacent to an activating group) is 1. The summed E-state index contributed by atoms with van der Waals surface area (Å²) in [5.41, 5.74) is 4.32. The Bertz CT molecular complexity index is 1110. The maximum Gasteiger partial charge on any atom is 0.278 e. The molecular weight excluding hydrogens is 458 g/mol. The Balaban J connectivity index is 1.64. The molecule has 2 aromatic carbocycles. The van der Waals surface area contributed by atoms with Gasteiger partial charge >= 0.3 is 0 Å². The Morgan fingerprint density at radius 1 is 1.15 bits per heavy atom. The first-order chi connectivity index (χ1) is 16.0. The molecule has 0 spiro atoms. The minimum atomic E-state index is -0.498. The van der Waals surface area contributed by atoms with Crippen molar-refractivity contribution in [1.82, 2.24) is 15.3 Å². The Morgan fingerprint density at radius 2 is 1.88 bits per heavy atom. The molecule has 0 aliphatic carbocycles. The highest BCUT2D eigenvalue weighted by atomic mass is 35.5. The van der Waals surface area contributed by atoms with Gasteiger partial charge in [0, 0.05) is 36.9 Å². The molecule has 0 radical (unpaired) electrons. The molecule has 7 nitrogen and oxygen atoms in total. The summed E-state index contributed by atoms with van der Waals surface area (Å²) in [6, 6.07) is 18.5. The van der Waals surface area contributed by atoms with Crippen molar-refractivity contribution < 1.29 is 9.59 Å². The standard InChI is InChI=1S/C24H24ClN5O2S/c1-28-10-12-29(13-11-28)27-22(31)20(16-26)24-30(19-8-3-2-4-9-19)23(32)21(33-24)15-17-6-5-7-18(25)14-17/h2-9,14,21H,10-13,15H2,1H3,(H,27,31)/b24-20-/t21-/m0/s1. The van der Waals surface area contributed by atoms with Crippen LogP contribution in [0.4, 0.5) is 5.69 Å². The van der Waals surface area contributed by atoms with Crippen molar-refractivity contribution in [3.8, 4) is 6.07 Å². The van der Waals surface area contributed by atoms with Crippen LogP contribution in [-0.2, 0) is 16.0 Å². The molecule has 0 saturated carbocycles. The second-order valence-electron chi connectivity index (χ2n) is 7.97. The van der Waals surface area contributed by atoms with Gasteiger partial charge in [-0.2, -0.15) is 5.26 Å². The van der Waals surface area contributed by atoms with Crippen LogP contribution in [0.25, 0.3) is 0 Å². The summed E-state index contributed by atoms with van der Waals surface area (Å²) in [5.74, 6) is -0.664. The van der Waals surface area contributed by atoms with Crippen LogP contribution in [-0.4, -0.2) is 60.2 Å². The minimum Gasteiger partial charge on any atom is -0.304 e. The Kier molecular flexibility index (Phi) is 7.36. The van der Waals surface area contributed by atoms with Gasteiger partial charge in [0.15, 0.2) is 0 Å². The van der Waals surface area contributed by atoms with E-state index in [4.69, 9.17) is 11.6 Å². The van der Waals surface area contributed by atoms with Gasteiger partial charge in [0.05, 0.1) is 5.25 Å². The van der Waals surface area contributed by atoms with Crippen LogP contribution in [0.15, 0.2) is 65.2 Å². The van der Waals surface area contributed by atoms with Crippen LogP contribution in [0, 0.1) is 11.3 Å². The predicted molar refractivity (Wildman–Crippen MR) is 130 cm³/mol. The third kappa shape index (κ3) is 5.40. The van der Waals surface area contributed by atoms with Crippen molar-refractivity contribution in [2.75, 3.05) is 38.1 Å². The number of anilines is 1. The molecule has 1 N–H and O–H groups in total. The highest BCUT2D eigenvalue weighted by Gasteiger charge is 2.41. The molecule has 2 saturated heterocycles. The quantitative estimate of drug-likeness (QED) is 0.522. The van der Waals surface area contributed by atoms with Crippen LogP contribution >= 0.6 is 23.4 Å². The molecular formula is C24H24ClN5O2S. The van der Waals surface area contributed by atoms with Gasteiger partial charge in [-0.15, -0.1) is 0 Å². The number of amides is 2. The Labute approximate surface area is 202 Å². The number of carbonyl (C=O) groups excluding carboxylic acids is 2. The molecule has 2 aliphatic heterocycles. The molecule has 2 heterocycles. The van der Waals surface area contributed by atoms with Gasteiger partial charge in [0.2, 0.25) is 5.91 Å². The third-order valence-electron chi connectivity index (χ3n) is 5.59. The molecule has 2 amide bonds. The first-order valence-corrected chi connectivity index (χ1v) is 11.9. The maximum absolute atomic E-state index is 13.5. The zero-order valence-electron chi connectivity index (χ0n) is 18.2. The summed E-state index contributed by atoms with van der Waals surface area (Å²) in [6.07, 6.45) is 0.440. The first kappa shape index (κ1) is 23.3. The molecule has 2 aliphatic rings. The van der Waals surface area contributed by atoms with Crippen LogP contribution in [0.2, 0.25) is 5.02 Å². The number of hydrogen-bond acceptors (Lipinski definition) is 6. The topological polar surface area (TPSA) is 79.7 Å². The van der Waals surface area contributed by atoms with Gasteiger partial charge < -0.3 is 4.90 Å². The van der Waals surface area contributed by atoms with E-state index in [1.54, 1.807) is 18.2 Å². The normalized spacial score (nSPS) is 21.1. The van der Waals surface area contributed by atoms with E-state index in [1.807, 2.05) is 48.5 Å². The summed E-state index contributed by atoms with van der Waals surface area (Å²) in [4.78, 5) is 30.2. The number of rotatable bonds is 5. The van der Waals surface area contributed by atoms with Gasteiger partial charge in [-0.1, -0.05) is 53.7 Å². The molecule has 170 valence electrons. The lowest BCUT2D eigenvalue weighted by molar-refractivity contribution is -0.122. The summed E-state index contributed by atoms with van der Waals surface area (Å²) >= 11 is 7.37. The van der Waals surface area contributed by atoms with E-state index in [9.17, 15) is 14.9 Å². The highest BCUT2D eigenvalue weighted by molar-refractivity contribution is 8.05. The van der Waals surface area contributed by atoms with Crippen molar-refractivity contribution in [3.63, 3.8) is 0 Å². The molecule has 33 heavy (non-hydrogen) atoms. The number of nitriles is 1. The fourth-order valence-electron chi connectivity index (χ4n) is 3.79.